The molecule has 0 fully saturated rings. The first-order valence-corrected chi connectivity index (χ1v) is 9.50. The second-order valence-electron chi connectivity index (χ2n) is 6.45. The molecule has 0 saturated heterocycles. The maximum absolute atomic E-state index is 12.5. The molecule has 0 spiro atoms. The minimum absolute atomic E-state index is 0.0226. The van der Waals surface area contributed by atoms with Crippen LogP contribution in [-0.2, 0) is 16.1 Å². The van der Waals surface area contributed by atoms with E-state index in [0.29, 0.717) is 18.0 Å². The molecule has 2 amide bonds. The number of nitrogens with one attached hydrogen (secondary N) is 1. The van der Waals surface area contributed by atoms with E-state index in [-0.39, 0.29) is 18.4 Å². The molecule has 6 nitrogen and oxygen atoms in total. The summed E-state index contributed by atoms with van der Waals surface area (Å²) in [4.78, 5) is 28.2. The number of methoxy groups -OCH3 is 1. The van der Waals surface area contributed by atoms with Gasteiger partial charge in [-0.1, -0.05) is 18.2 Å². The Kier molecular flexibility index (Phi) is 7.87. The van der Waals surface area contributed by atoms with E-state index in [1.807, 2.05) is 48.5 Å². The van der Waals surface area contributed by atoms with Crippen LogP contribution in [0.3, 0.4) is 0 Å². The Hall–Kier alpha value is -3.02. The van der Waals surface area contributed by atoms with Crippen molar-refractivity contribution in [2.45, 2.75) is 27.3 Å². The zero-order chi connectivity index (χ0) is 20.5. The lowest BCUT2D eigenvalue weighted by Gasteiger charge is -2.22. The highest BCUT2D eigenvalue weighted by molar-refractivity contribution is 5.94. The molecule has 2 rings (SSSR count). The number of hydrogen-bond acceptors (Lipinski definition) is 4. The van der Waals surface area contributed by atoms with Gasteiger partial charge in [0.15, 0.2) is 0 Å². The molecule has 0 radical (unpaired) electrons. The van der Waals surface area contributed by atoms with Gasteiger partial charge in [-0.3, -0.25) is 9.59 Å². The molecular weight excluding hydrogens is 354 g/mol. The number of carbonyl (C=O) groups is 2. The topological polar surface area (TPSA) is 61.9 Å². The Balaban J connectivity index is 2.01. The molecule has 0 aliphatic rings. The van der Waals surface area contributed by atoms with Crippen molar-refractivity contribution in [1.29, 1.82) is 0 Å². The molecule has 0 aromatic heterocycles. The molecule has 6 heteroatoms. The van der Waals surface area contributed by atoms with Crippen LogP contribution in [0.4, 0.5) is 11.4 Å². The highest BCUT2D eigenvalue weighted by atomic mass is 16.5. The standard InChI is InChI=1S/C22H29N3O3/c1-5-24(6-2)20-13-11-19(12-14-20)23-22(27)16-25(17(3)26)15-18-9-7-8-10-21(18)28-4/h7-14H,5-6,15-16H2,1-4H3,(H,23,27). The average Bonchev–Trinajstić information content (AvgIpc) is 2.70. The van der Waals surface area contributed by atoms with Crippen LogP contribution in [0.2, 0.25) is 0 Å². The molecule has 0 aliphatic heterocycles. The van der Waals surface area contributed by atoms with Crippen molar-refractivity contribution >= 4 is 23.2 Å². The fourth-order valence-corrected chi connectivity index (χ4v) is 3.04. The molecule has 1 N–H and O–H groups in total. The number of rotatable bonds is 9. The van der Waals surface area contributed by atoms with Crippen molar-refractivity contribution in [3.63, 3.8) is 0 Å². The maximum Gasteiger partial charge on any atom is 0.244 e. The minimum atomic E-state index is -0.235. The van der Waals surface area contributed by atoms with E-state index >= 15 is 0 Å². The van der Waals surface area contributed by atoms with Gasteiger partial charge >= 0.3 is 0 Å². The summed E-state index contributed by atoms with van der Waals surface area (Å²) in [5.74, 6) is 0.291. The number of nitrogens with zero attached hydrogens (tertiary/aromatic N) is 2. The van der Waals surface area contributed by atoms with Crippen LogP contribution in [0, 0.1) is 0 Å². The largest absolute Gasteiger partial charge is 0.496 e. The summed E-state index contributed by atoms with van der Waals surface area (Å²) < 4.78 is 5.33. The zero-order valence-corrected chi connectivity index (χ0v) is 17.1. The molecule has 2 aromatic carbocycles. The third kappa shape index (κ3) is 5.74. The average molecular weight is 383 g/mol. The van der Waals surface area contributed by atoms with Crippen molar-refractivity contribution < 1.29 is 14.3 Å². The van der Waals surface area contributed by atoms with Crippen molar-refractivity contribution in [3.8, 4) is 5.75 Å². The predicted octanol–water partition coefficient (Wildman–Crippen LogP) is 3.53. The number of anilines is 2. The van der Waals surface area contributed by atoms with Crippen LogP contribution in [0.1, 0.15) is 26.3 Å². The highest BCUT2D eigenvalue weighted by Gasteiger charge is 2.16. The third-order valence-electron chi connectivity index (χ3n) is 4.61. The van der Waals surface area contributed by atoms with Gasteiger partial charge in [0.1, 0.15) is 12.3 Å². The van der Waals surface area contributed by atoms with Gasteiger partial charge in [0, 0.05) is 43.5 Å². The normalized spacial score (nSPS) is 10.3. The van der Waals surface area contributed by atoms with Gasteiger partial charge < -0.3 is 19.9 Å². The van der Waals surface area contributed by atoms with Crippen LogP contribution in [0.15, 0.2) is 48.5 Å². The van der Waals surface area contributed by atoms with E-state index in [0.717, 1.165) is 24.3 Å². The van der Waals surface area contributed by atoms with Crippen LogP contribution in [0.25, 0.3) is 0 Å². The summed E-state index contributed by atoms with van der Waals surface area (Å²) in [5, 5.41) is 2.86. The second kappa shape index (κ2) is 10.3. The van der Waals surface area contributed by atoms with Gasteiger partial charge in [-0.25, -0.2) is 0 Å². The zero-order valence-electron chi connectivity index (χ0n) is 17.1. The molecule has 0 aliphatic carbocycles. The summed E-state index contributed by atoms with van der Waals surface area (Å²) in [5.41, 5.74) is 2.68. The minimum Gasteiger partial charge on any atom is -0.496 e. The number of hydrogen-bond donors (Lipinski definition) is 1. The van der Waals surface area contributed by atoms with E-state index in [1.165, 1.54) is 11.8 Å². The fraction of sp³-hybridized carbons (Fsp3) is 0.364. The number of benzene rings is 2. The first-order chi connectivity index (χ1) is 13.5. The highest BCUT2D eigenvalue weighted by Crippen LogP contribution is 2.20. The van der Waals surface area contributed by atoms with E-state index in [4.69, 9.17) is 4.74 Å². The van der Waals surface area contributed by atoms with E-state index < -0.39 is 0 Å². The Morgan fingerprint density at radius 3 is 2.21 bits per heavy atom. The molecule has 0 heterocycles. The molecule has 2 aromatic rings. The first kappa shape index (κ1) is 21.3. The Labute approximate surface area is 167 Å². The number of carbonyl (C=O) groups excluding carboxylic acids is 2. The smallest absolute Gasteiger partial charge is 0.244 e. The molecule has 0 unspecified atom stereocenters. The lowest BCUT2D eigenvalue weighted by atomic mass is 10.2. The third-order valence-corrected chi connectivity index (χ3v) is 4.61. The van der Waals surface area contributed by atoms with E-state index in [2.05, 4.69) is 24.1 Å². The molecule has 0 saturated carbocycles. The molecule has 0 bridgehead atoms. The second-order valence-corrected chi connectivity index (χ2v) is 6.45. The van der Waals surface area contributed by atoms with Crippen molar-refractivity contribution in [3.05, 3.63) is 54.1 Å². The summed E-state index contributed by atoms with van der Waals surface area (Å²) in [6, 6.07) is 15.2. The van der Waals surface area contributed by atoms with Crippen LogP contribution in [-0.4, -0.2) is 43.5 Å². The van der Waals surface area contributed by atoms with E-state index in [1.54, 1.807) is 7.11 Å². The molecular formula is C22H29N3O3. The maximum atomic E-state index is 12.5. The molecule has 28 heavy (non-hydrogen) atoms. The number of amides is 2. The van der Waals surface area contributed by atoms with Gasteiger partial charge in [-0.2, -0.15) is 0 Å². The Morgan fingerprint density at radius 1 is 1.00 bits per heavy atom. The van der Waals surface area contributed by atoms with Gasteiger partial charge in [0.25, 0.3) is 0 Å². The molecule has 0 atom stereocenters. The monoisotopic (exact) mass is 383 g/mol. The van der Waals surface area contributed by atoms with Crippen LogP contribution >= 0.6 is 0 Å². The fourth-order valence-electron chi connectivity index (χ4n) is 3.04. The summed E-state index contributed by atoms with van der Waals surface area (Å²) >= 11 is 0. The Morgan fingerprint density at radius 2 is 1.64 bits per heavy atom. The van der Waals surface area contributed by atoms with Crippen LogP contribution in [0.5, 0.6) is 5.75 Å². The van der Waals surface area contributed by atoms with E-state index in [9.17, 15) is 9.59 Å². The van der Waals surface area contributed by atoms with Gasteiger partial charge in [0.2, 0.25) is 11.8 Å². The number of para-hydroxylation sites is 1. The first-order valence-electron chi connectivity index (χ1n) is 9.50. The summed E-state index contributed by atoms with van der Waals surface area (Å²) in [7, 11) is 1.59. The summed E-state index contributed by atoms with van der Waals surface area (Å²) in [6.07, 6.45) is 0. The van der Waals surface area contributed by atoms with Gasteiger partial charge in [-0.05, 0) is 44.2 Å². The van der Waals surface area contributed by atoms with Gasteiger partial charge in [-0.15, -0.1) is 0 Å². The lowest BCUT2D eigenvalue weighted by molar-refractivity contribution is -0.133. The SMILES string of the molecule is CCN(CC)c1ccc(NC(=O)CN(Cc2ccccc2OC)C(C)=O)cc1. The predicted molar refractivity (Wildman–Crippen MR) is 113 cm³/mol. The van der Waals surface area contributed by atoms with Crippen molar-refractivity contribution in [2.75, 3.05) is 37.0 Å². The van der Waals surface area contributed by atoms with Crippen molar-refractivity contribution in [2.24, 2.45) is 0 Å². The Bertz CT molecular complexity index is 786. The number of ether oxygens (including phenoxy) is 1. The van der Waals surface area contributed by atoms with Crippen molar-refractivity contribution in [1.82, 2.24) is 4.90 Å². The molecule has 150 valence electrons. The van der Waals surface area contributed by atoms with Gasteiger partial charge in [0.05, 0.1) is 7.11 Å². The van der Waals surface area contributed by atoms with Crippen LogP contribution < -0.4 is 15.0 Å². The quantitative estimate of drug-likeness (QED) is 0.720. The lowest BCUT2D eigenvalue weighted by Crippen LogP contribution is -2.36. The summed E-state index contributed by atoms with van der Waals surface area (Å²) in [6.45, 7) is 7.83.